The van der Waals surface area contributed by atoms with E-state index in [0.29, 0.717) is 18.8 Å². The molecule has 1 unspecified atom stereocenters. The van der Waals surface area contributed by atoms with E-state index in [2.05, 4.69) is 5.32 Å². The van der Waals surface area contributed by atoms with Crippen LogP contribution in [0.5, 0.6) is 0 Å². The molecule has 0 bridgehead atoms. The van der Waals surface area contributed by atoms with Crippen molar-refractivity contribution in [1.82, 2.24) is 5.32 Å². The van der Waals surface area contributed by atoms with Gasteiger partial charge >= 0.3 is 6.09 Å². The molecule has 1 aliphatic carbocycles. The summed E-state index contributed by atoms with van der Waals surface area (Å²) in [5.41, 5.74) is -0.523. The molecule has 0 aromatic carbocycles. The van der Waals surface area contributed by atoms with Crippen molar-refractivity contribution < 1.29 is 19.7 Å². The summed E-state index contributed by atoms with van der Waals surface area (Å²) in [6, 6.07) is -0.0638. The number of ether oxygens (including phenoxy) is 1. The number of aliphatic hydroxyl groups excluding tert-OH is 2. The molecule has 1 amide bonds. The summed E-state index contributed by atoms with van der Waals surface area (Å²) in [5, 5.41) is 22.4. The highest BCUT2D eigenvalue weighted by molar-refractivity contribution is 5.68. The van der Waals surface area contributed by atoms with Crippen molar-refractivity contribution in [2.24, 2.45) is 11.8 Å². The maximum Gasteiger partial charge on any atom is 0.407 e. The number of amides is 1. The second kappa shape index (κ2) is 9.48. The SMILES string of the molecule is C[C@@H](CO)C[C@H](O)CC(NC(=O)OC(C)(C)C)C1CCCCC1. The summed E-state index contributed by atoms with van der Waals surface area (Å²) in [5.74, 6) is 0.467. The van der Waals surface area contributed by atoms with E-state index in [4.69, 9.17) is 9.84 Å². The predicted molar refractivity (Wildman–Crippen MR) is 91.2 cm³/mol. The first-order chi connectivity index (χ1) is 10.7. The summed E-state index contributed by atoms with van der Waals surface area (Å²) >= 11 is 0. The predicted octanol–water partition coefficient (Wildman–Crippen LogP) is 3.23. The van der Waals surface area contributed by atoms with Crippen molar-refractivity contribution >= 4 is 6.09 Å². The minimum atomic E-state index is -0.523. The fourth-order valence-corrected chi connectivity index (χ4v) is 3.29. The van der Waals surface area contributed by atoms with Gasteiger partial charge in [-0.3, -0.25) is 0 Å². The molecule has 0 heterocycles. The molecule has 3 N–H and O–H groups in total. The minimum absolute atomic E-state index is 0.0638. The molecule has 0 aromatic rings. The Morgan fingerprint density at radius 2 is 1.83 bits per heavy atom. The lowest BCUT2D eigenvalue weighted by Crippen LogP contribution is -2.45. The summed E-state index contributed by atoms with van der Waals surface area (Å²) in [7, 11) is 0. The van der Waals surface area contributed by atoms with Crippen LogP contribution in [0.15, 0.2) is 0 Å². The van der Waals surface area contributed by atoms with Crippen molar-refractivity contribution in [2.75, 3.05) is 6.61 Å². The molecule has 1 saturated carbocycles. The summed E-state index contributed by atoms with van der Waals surface area (Å²) in [6.07, 6.45) is 5.94. The number of hydrogen-bond donors (Lipinski definition) is 3. The maximum absolute atomic E-state index is 12.1. The quantitative estimate of drug-likeness (QED) is 0.670. The Hall–Kier alpha value is -0.810. The Balaban J connectivity index is 2.63. The third-order valence-corrected chi connectivity index (χ3v) is 4.43. The first-order valence-electron chi connectivity index (χ1n) is 8.99. The zero-order valence-corrected chi connectivity index (χ0v) is 15.2. The largest absolute Gasteiger partial charge is 0.444 e. The van der Waals surface area contributed by atoms with Crippen LogP contribution < -0.4 is 5.32 Å². The van der Waals surface area contributed by atoms with E-state index >= 15 is 0 Å². The lowest BCUT2D eigenvalue weighted by Gasteiger charge is -2.33. The average molecular weight is 329 g/mol. The minimum Gasteiger partial charge on any atom is -0.444 e. The van der Waals surface area contributed by atoms with Crippen LogP contribution in [0.3, 0.4) is 0 Å². The molecule has 0 spiro atoms. The van der Waals surface area contributed by atoms with Crippen LogP contribution in [0.2, 0.25) is 0 Å². The number of carbonyl (C=O) groups is 1. The highest BCUT2D eigenvalue weighted by Gasteiger charge is 2.29. The monoisotopic (exact) mass is 329 g/mol. The molecule has 23 heavy (non-hydrogen) atoms. The van der Waals surface area contributed by atoms with Crippen molar-refractivity contribution in [3.8, 4) is 0 Å². The Morgan fingerprint density at radius 3 is 2.35 bits per heavy atom. The van der Waals surface area contributed by atoms with E-state index in [0.717, 1.165) is 12.8 Å². The van der Waals surface area contributed by atoms with E-state index in [1.807, 2.05) is 27.7 Å². The van der Waals surface area contributed by atoms with E-state index in [1.54, 1.807) is 0 Å². The Labute approximate surface area is 140 Å². The van der Waals surface area contributed by atoms with E-state index in [-0.39, 0.29) is 18.6 Å². The molecule has 3 atom stereocenters. The molecule has 1 aliphatic rings. The van der Waals surface area contributed by atoms with Crippen LogP contribution in [0, 0.1) is 11.8 Å². The van der Waals surface area contributed by atoms with Crippen molar-refractivity contribution in [2.45, 2.75) is 90.4 Å². The van der Waals surface area contributed by atoms with Gasteiger partial charge in [0.25, 0.3) is 0 Å². The van der Waals surface area contributed by atoms with E-state index in [1.165, 1.54) is 19.3 Å². The summed E-state index contributed by atoms with van der Waals surface area (Å²) < 4.78 is 5.37. The van der Waals surface area contributed by atoms with Gasteiger partial charge in [0.2, 0.25) is 0 Å². The smallest absolute Gasteiger partial charge is 0.407 e. The number of hydrogen-bond acceptors (Lipinski definition) is 4. The van der Waals surface area contributed by atoms with E-state index in [9.17, 15) is 9.90 Å². The van der Waals surface area contributed by atoms with Gasteiger partial charge in [-0.1, -0.05) is 26.2 Å². The van der Waals surface area contributed by atoms with Crippen LogP contribution >= 0.6 is 0 Å². The second-order valence-electron chi connectivity index (χ2n) is 8.06. The summed E-state index contributed by atoms with van der Waals surface area (Å²) in [6.45, 7) is 7.53. The Kier molecular flexibility index (Phi) is 8.34. The summed E-state index contributed by atoms with van der Waals surface area (Å²) in [4.78, 5) is 12.1. The number of aliphatic hydroxyl groups is 2. The average Bonchev–Trinajstić information content (AvgIpc) is 2.45. The highest BCUT2D eigenvalue weighted by atomic mass is 16.6. The molecule has 0 radical (unpaired) electrons. The lowest BCUT2D eigenvalue weighted by molar-refractivity contribution is 0.0421. The molecule has 5 heteroatoms. The van der Waals surface area contributed by atoms with Crippen molar-refractivity contribution in [3.63, 3.8) is 0 Å². The first kappa shape index (κ1) is 20.2. The van der Waals surface area contributed by atoms with Gasteiger partial charge in [0.15, 0.2) is 0 Å². The molecule has 1 fully saturated rings. The fraction of sp³-hybridized carbons (Fsp3) is 0.944. The highest BCUT2D eigenvalue weighted by Crippen LogP contribution is 2.29. The maximum atomic E-state index is 12.1. The first-order valence-corrected chi connectivity index (χ1v) is 8.99. The van der Waals surface area contributed by atoms with Crippen LogP contribution in [-0.4, -0.2) is 40.7 Å². The van der Waals surface area contributed by atoms with Crippen molar-refractivity contribution in [3.05, 3.63) is 0 Å². The molecule has 0 saturated heterocycles. The van der Waals surface area contributed by atoms with Crippen LogP contribution in [0.1, 0.15) is 72.6 Å². The van der Waals surface area contributed by atoms with Gasteiger partial charge in [0.1, 0.15) is 5.60 Å². The van der Waals surface area contributed by atoms with Gasteiger partial charge in [0, 0.05) is 12.6 Å². The van der Waals surface area contributed by atoms with Crippen molar-refractivity contribution in [1.29, 1.82) is 0 Å². The molecule has 0 aliphatic heterocycles. The fourth-order valence-electron chi connectivity index (χ4n) is 3.29. The topological polar surface area (TPSA) is 78.8 Å². The van der Waals surface area contributed by atoms with Gasteiger partial charge in [-0.15, -0.1) is 0 Å². The number of alkyl carbamates (subject to hydrolysis) is 1. The lowest BCUT2D eigenvalue weighted by atomic mass is 9.81. The molecular formula is C18H35NO4. The number of carbonyl (C=O) groups excluding carboxylic acids is 1. The van der Waals surface area contributed by atoms with Crippen LogP contribution in [-0.2, 0) is 4.74 Å². The van der Waals surface area contributed by atoms with Gasteiger partial charge in [-0.2, -0.15) is 0 Å². The molecular weight excluding hydrogens is 294 g/mol. The normalized spacial score (nSPS) is 20.6. The zero-order valence-electron chi connectivity index (χ0n) is 15.2. The molecule has 5 nitrogen and oxygen atoms in total. The van der Waals surface area contributed by atoms with E-state index < -0.39 is 17.8 Å². The standard InChI is InChI=1S/C18H35NO4/c1-13(12-20)10-15(21)11-16(14-8-6-5-7-9-14)19-17(22)23-18(2,3)4/h13-16,20-21H,5-12H2,1-4H3,(H,19,22)/t13-,15+,16?/m1/s1. The number of rotatable bonds is 7. The van der Waals surface area contributed by atoms with Crippen LogP contribution in [0.25, 0.3) is 0 Å². The third kappa shape index (κ3) is 8.56. The second-order valence-corrected chi connectivity index (χ2v) is 8.06. The van der Waals surface area contributed by atoms with Crippen LogP contribution in [0.4, 0.5) is 4.79 Å². The van der Waals surface area contributed by atoms with Gasteiger partial charge in [0.05, 0.1) is 6.10 Å². The third-order valence-electron chi connectivity index (χ3n) is 4.43. The molecule has 136 valence electrons. The Morgan fingerprint density at radius 1 is 1.22 bits per heavy atom. The Bertz CT molecular complexity index is 347. The number of nitrogens with one attached hydrogen (secondary N) is 1. The molecule has 1 rings (SSSR count). The molecule has 0 aromatic heterocycles. The van der Waals surface area contributed by atoms with Gasteiger partial charge in [-0.05, 0) is 58.3 Å². The zero-order chi connectivity index (χ0) is 17.5. The van der Waals surface area contributed by atoms with Gasteiger partial charge < -0.3 is 20.3 Å². The van der Waals surface area contributed by atoms with Gasteiger partial charge in [-0.25, -0.2) is 4.79 Å².